The van der Waals surface area contributed by atoms with Gasteiger partial charge in [-0.2, -0.15) is 0 Å². The molecule has 2 N–H and O–H groups in total. The van der Waals surface area contributed by atoms with Gasteiger partial charge in [0, 0.05) is 11.1 Å². The van der Waals surface area contributed by atoms with Gasteiger partial charge in [0.1, 0.15) is 5.01 Å². The number of aromatic nitrogens is 1. The lowest BCUT2D eigenvalue weighted by Crippen LogP contribution is -2.19. The van der Waals surface area contributed by atoms with Crippen LogP contribution in [-0.2, 0) is 4.79 Å². The summed E-state index contributed by atoms with van der Waals surface area (Å²) in [6, 6.07) is 5.71. The van der Waals surface area contributed by atoms with Gasteiger partial charge in [-0.05, 0) is 38.0 Å². The number of aryl methyl sites for hydroxylation is 1. The number of carbonyl (C=O) groups is 2. The molecule has 21 heavy (non-hydrogen) atoms. The van der Waals surface area contributed by atoms with E-state index < -0.39 is 11.9 Å². The van der Waals surface area contributed by atoms with Gasteiger partial charge in [0.25, 0.3) is 0 Å². The lowest BCUT2D eigenvalue weighted by Gasteiger charge is -2.13. The summed E-state index contributed by atoms with van der Waals surface area (Å²) >= 11 is 1.18. The number of nitrogens with zero attached hydrogens (tertiary/aromatic N) is 1. The highest BCUT2D eigenvalue weighted by molar-refractivity contribution is 7.10. The minimum atomic E-state index is -1.08. The molecular weight excluding hydrogens is 288 g/mol. The zero-order valence-corrected chi connectivity index (χ0v) is 12.8. The highest BCUT2D eigenvalue weighted by Crippen LogP contribution is 2.24. The molecule has 2 rings (SSSR count). The summed E-state index contributed by atoms with van der Waals surface area (Å²) in [5.41, 5.74) is 2.86. The molecule has 2 aromatic rings. The summed E-state index contributed by atoms with van der Waals surface area (Å²) in [5.74, 6) is -1.78. The zero-order chi connectivity index (χ0) is 15.6. The summed E-state index contributed by atoms with van der Waals surface area (Å²) in [6.07, 6.45) is 0. The lowest BCUT2D eigenvalue weighted by atomic mass is 10.1. The molecule has 0 aliphatic rings. The molecule has 1 atom stereocenters. The predicted molar refractivity (Wildman–Crippen MR) is 82.0 cm³/mol. The molecule has 0 saturated carbocycles. The summed E-state index contributed by atoms with van der Waals surface area (Å²) in [5, 5.41) is 13.7. The van der Waals surface area contributed by atoms with Crippen molar-refractivity contribution in [3.63, 3.8) is 0 Å². The van der Waals surface area contributed by atoms with Crippen molar-refractivity contribution in [3.8, 4) is 0 Å². The van der Waals surface area contributed by atoms with Gasteiger partial charge >= 0.3 is 5.97 Å². The highest BCUT2D eigenvalue weighted by atomic mass is 32.1. The molecule has 0 spiro atoms. The molecular formula is C15H16N2O3S. The molecule has 0 unspecified atom stereocenters. The van der Waals surface area contributed by atoms with Gasteiger partial charge in [-0.15, -0.1) is 11.3 Å². The molecule has 5 nitrogen and oxygen atoms in total. The zero-order valence-electron chi connectivity index (χ0n) is 12.0. The van der Waals surface area contributed by atoms with Gasteiger partial charge in [0.05, 0.1) is 5.92 Å². The standard InChI is InChI=1S/C15H16N2O3S/c1-8-5-4-6-11(9(8)2)16-13(18)10(3)14-17-12(7-21-14)15(19)20/h4-7,10H,1-3H3,(H,16,18)(H,19,20)/t10-/m1/s1. The maximum atomic E-state index is 12.3. The second-order valence-electron chi connectivity index (χ2n) is 4.83. The minimum Gasteiger partial charge on any atom is -0.476 e. The lowest BCUT2D eigenvalue weighted by molar-refractivity contribution is -0.117. The van der Waals surface area contributed by atoms with Gasteiger partial charge in [0.2, 0.25) is 5.91 Å². The first-order valence-corrected chi connectivity index (χ1v) is 7.34. The SMILES string of the molecule is Cc1cccc(NC(=O)[C@@H](C)c2nc(C(=O)O)cs2)c1C. The van der Waals surface area contributed by atoms with E-state index in [2.05, 4.69) is 10.3 Å². The molecule has 0 bridgehead atoms. The fraction of sp³-hybridized carbons (Fsp3) is 0.267. The highest BCUT2D eigenvalue weighted by Gasteiger charge is 2.21. The van der Waals surface area contributed by atoms with Crippen LogP contribution in [0, 0.1) is 13.8 Å². The number of benzene rings is 1. The monoisotopic (exact) mass is 304 g/mol. The first-order chi connectivity index (χ1) is 9.90. The number of carbonyl (C=O) groups excluding carboxylic acids is 1. The Hall–Kier alpha value is -2.21. The van der Waals surface area contributed by atoms with E-state index in [9.17, 15) is 9.59 Å². The molecule has 6 heteroatoms. The second-order valence-corrected chi connectivity index (χ2v) is 5.72. The Kier molecular flexibility index (Phi) is 4.37. The molecule has 0 aliphatic carbocycles. The van der Waals surface area contributed by atoms with E-state index in [1.165, 1.54) is 16.7 Å². The largest absolute Gasteiger partial charge is 0.476 e. The topological polar surface area (TPSA) is 79.3 Å². The van der Waals surface area contributed by atoms with Crippen LogP contribution in [0.15, 0.2) is 23.6 Å². The van der Waals surface area contributed by atoms with Gasteiger partial charge < -0.3 is 10.4 Å². The van der Waals surface area contributed by atoms with Crippen molar-refractivity contribution in [2.75, 3.05) is 5.32 Å². The van der Waals surface area contributed by atoms with Crippen LogP contribution in [-0.4, -0.2) is 22.0 Å². The Morgan fingerprint density at radius 1 is 1.33 bits per heavy atom. The summed E-state index contributed by atoms with van der Waals surface area (Å²) in [4.78, 5) is 27.1. The van der Waals surface area contributed by atoms with E-state index in [-0.39, 0.29) is 11.6 Å². The number of aromatic carboxylic acids is 1. The van der Waals surface area contributed by atoms with Crippen molar-refractivity contribution < 1.29 is 14.7 Å². The van der Waals surface area contributed by atoms with Crippen molar-refractivity contribution in [2.24, 2.45) is 0 Å². The van der Waals surface area contributed by atoms with Crippen LogP contribution in [0.4, 0.5) is 5.69 Å². The Labute approximate surface area is 126 Å². The van der Waals surface area contributed by atoms with E-state index in [1.54, 1.807) is 6.92 Å². The Morgan fingerprint density at radius 3 is 2.67 bits per heavy atom. The molecule has 1 heterocycles. The number of carboxylic acids is 1. The van der Waals surface area contributed by atoms with E-state index in [0.29, 0.717) is 5.01 Å². The number of anilines is 1. The third-order valence-electron chi connectivity index (χ3n) is 3.37. The normalized spacial score (nSPS) is 12.0. The molecule has 0 fully saturated rings. The number of hydrogen-bond donors (Lipinski definition) is 2. The maximum Gasteiger partial charge on any atom is 0.355 e. The molecule has 1 aromatic carbocycles. The van der Waals surface area contributed by atoms with E-state index in [0.717, 1.165) is 16.8 Å². The number of amides is 1. The van der Waals surface area contributed by atoms with Gasteiger partial charge in [-0.25, -0.2) is 9.78 Å². The molecule has 0 saturated heterocycles. The van der Waals surface area contributed by atoms with Crippen molar-refractivity contribution in [3.05, 3.63) is 45.4 Å². The number of nitrogens with one attached hydrogen (secondary N) is 1. The summed E-state index contributed by atoms with van der Waals surface area (Å²) in [6.45, 7) is 5.64. The van der Waals surface area contributed by atoms with Crippen molar-refractivity contribution in [1.29, 1.82) is 0 Å². The van der Waals surface area contributed by atoms with E-state index in [1.807, 2.05) is 32.0 Å². The Balaban J connectivity index is 2.15. The fourth-order valence-electron chi connectivity index (χ4n) is 1.82. The Morgan fingerprint density at radius 2 is 2.05 bits per heavy atom. The van der Waals surface area contributed by atoms with E-state index in [4.69, 9.17) is 5.11 Å². The van der Waals surface area contributed by atoms with Crippen LogP contribution in [0.2, 0.25) is 0 Å². The molecule has 0 radical (unpaired) electrons. The molecule has 0 aliphatic heterocycles. The summed E-state index contributed by atoms with van der Waals surface area (Å²) < 4.78 is 0. The second kappa shape index (κ2) is 6.05. The minimum absolute atomic E-state index is 0.0265. The van der Waals surface area contributed by atoms with Gasteiger partial charge in [0.15, 0.2) is 5.69 Å². The number of carboxylic acid groups (broad SMARTS) is 1. The van der Waals surface area contributed by atoms with Crippen LogP contribution >= 0.6 is 11.3 Å². The van der Waals surface area contributed by atoms with Crippen LogP contribution in [0.25, 0.3) is 0 Å². The molecule has 1 aromatic heterocycles. The van der Waals surface area contributed by atoms with Crippen molar-refractivity contribution in [2.45, 2.75) is 26.7 Å². The van der Waals surface area contributed by atoms with Crippen LogP contribution in [0.1, 0.15) is 39.5 Å². The average Bonchev–Trinajstić information content (AvgIpc) is 2.93. The molecule has 110 valence electrons. The smallest absolute Gasteiger partial charge is 0.355 e. The number of rotatable bonds is 4. The predicted octanol–water partition coefficient (Wildman–Crippen LogP) is 3.20. The average molecular weight is 304 g/mol. The molecule has 1 amide bonds. The number of hydrogen-bond acceptors (Lipinski definition) is 4. The quantitative estimate of drug-likeness (QED) is 0.909. The fourth-order valence-corrected chi connectivity index (χ4v) is 2.67. The summed E-state index contributed by atoms with van der Waals surface area (Å²) in [7, 11) is 0. The van der Waals surface area contributed by atoms with Crippen molar-refractivity contribution >= 4 is 28.9 Å². The van der Waals surface area contributed by atoms with Crippen molar-refractivity contribution in [1.82, 2.24) is 4.98 Å². The first kappa shape index (κ1) is 15.2. The van der Waals surface area contributed by atoms with E-state index >= 15 is 0 Å². The van der Waals surface area contributed by atoms with Gasteiger partial charge in [-0.3, -0.25) is 4.79 Å². The third kappa shape index (κ3) is 3.28. The first-order valence-electron chi connectivity index (χ1n) is 6.46. The van der Waals surface area contributed by atoms with Crippen LogP contribution in [0.5, 0.6) is 0 Å². The maximum absolute atomic E-state index is 12.3. The van der Waals surface area contributed by atoms with Gasteiger partial charge in [-0.1, -0.05) is 12.1 Å². The van der Waals surface area contributed by atoms with Crippen LogP contribution < -0.4 is 5.32 Å². The Bertz CT molecular complexity index is 694. The van der Waals surface area contributed by atoms with Crippen LogP contribution in [0.3, 0.4) is 0 Å². The third-order valence-corrected chi connectivity index (χ3v) is 4.39. The number of thiazole rings is 1.